The van der Waals surface area contributed by atoms with E-state index < -0.39 is 0 Å². The van der Waals surface area contributed by atoms with E-state index in [0.717, 1.165) is 5.75 Å². The van der Waals surface area contributed by atoms with Crippen molar-refractivity contribution >= 4 is 29.0 Å². The second-order valence-electron chi connectivity index (χ2n) is 3.57. The Balaban J connectivity index is 2.79. The molecule has 0 atom stereocenters. The van der Waals surface area contributed by atoms with Crippen LogP contribution in [0.2, 0.25) is 0 Å². The molecule has 0 saturated carbocycles. The molecule has 88 valence electrons. The van der Waals surface area contributed by atoms with Gasteiger partial charge in [0.2, 0.25) is 0 Å². The molecule has 1 aromatic rings. The summed E-state index contributed by atoms with van der Waals surface area (Å²) < 4.78 is 0. The van der Waals surface area contributed by atoms with E-state index in [-0.39, 0.29) is 5.91 Å². The first-order valence-electron chi connectivity index (χ1n) is 4.95. The van der Waals surface area contributed by atoms with Crippen LogP contribution in [0.4, 0.5) is 11.4 Å². The normalized spacial score (nSPS) is 10.1. The Bertz CT molecular complexity index is 381. The van der Waals surface area contributed by atoms with E-state index in [1.807, 2.05) is 6.26 Å². The van der Waals surface area contributed by atoms with Gasteiger partial charge < -0.3 is 16.4 Å². The third-order valence-corrected chi connectivity index (χ3v) is 2.87. The fourth-order valence-corrected chi connectivity index (χ4v) is 1.77. The van der Waals surface area contributed by atoms with Crippen molar-refractivity contribution in [2.45, 2.75) is 0 Å². The Labute approximate surface area is 100.0 Å². The first kappa shape index (κ1) is 12.7. The van der Waals surface area contributed by atoms with Crippen molar-refractivity contribution in [2.75, 3.05) is 37.1 Å². The van der Waals surface area contributed by atoms with Gasteiger partial charge in [-0.15, -0.1) is 0 Å². The van der Waals surface area contributed by atoms with Crippen LogP contribution in [0.5, 0.6) is 0 Å². The zero-order valence-corrected chi connectivity index (χ0v) is 10.4. The predicted molar refractivity (Wildman–Crippen MR) is 70.6 cm³/mol. The van der Waals surface area contributed by atoms with E-state index in [1.165, 1.54) is 0 Å². The van der Waals surface area contributed by atoms with Crippen molar-refractivity contribution in [1.29, 1.82) is 0 Å². The van der Waals surface area contributed by atoms with Gasteiger partial charge in [-0.1, -0.05) is 0 Å². The molecule has 1 rings (SSSR count). The van der Waals surface area contributed by atoms with Gasteiger partial charge in [0.05, 0.1) is 5.56 Å². The molecule has 16 heavy (non-hydrogen) atoms. The zero-order valence-electron chi connectivity index (χ0n) is 9.56. The third-order valence-electron chi connectivity index (χ3n) is 2.28. The average molecular weight is 239 g/mol. The Hall–Kier alpha value is -1.36. The summed E-state index contributed by atoms with van der Waals surface area (Å²) in [6.07, 6.45) is 2.01. The SMILES string of the molecule is CSCCN(C)C(=O)c1ccc(N)cc1N. The molecule has 1 amide bonds. The van der Waals surface area contributed by atoms with Crippen LogP contribution < -0.4 is 11.5 Å². The smallest absolute Gasteiger partial charge is 0.255 e. The third kappa shape index (κ3) is 3.06. The van der Waals surface area contributed by atoms with Crippen LogP contribution >= 0.6 is 11.8 Å². The minimum Gasteiger partial charge on any atom is -0.399 e. The molecule has 0 aromatic heterocycles. The number of thioether (sulfide) groups is 1. The summed E-state index contributed by atoms with van der Waals surface area (Å²) in [6, 6.07) is 4.96. The van der Waals surface area contributed by atoms with Gasteiger partial charge in [-0.2, -0.15) is 11.8 Å². The van der Waals surface area contributed by atoms with Crippen LogP contribution in [0.15, 0.2) is 18.2 Å². The summed E-state index contributed by atoms with van der Waals surface area (Å²) in [5, 5.41) is 0. The second kappa shape index (κ2) is 5.65. The standard InChI is InChI=1S/C11H17N3OS/c1-14(5-6-16-2)11(15)9-4-3-8(12)7-10(9)13/h3-4,7H,5-6,12-13H2,1-2H3. The number of carbonyl (C=O) groups is 1. The van der Waals surface area contributed by atoms with Crippen molar-refractivity contribution in [1.82, 2.24) is 4.90 Å². The highest BCUT2D eigenvalue weighted by Crippen LogP contribution is 2.17. The van der Waals surface area contributed by atoms with Crippen LogP contribution in [0.3, 0.4) is 0 Å². The molecule has 5 heteroatoms. The second-order valence-corrected chi connectivity index (χ2v) is 4.55. The van der Waals surface area contributed by atoms with Crippen molar-refractivity contribution < 1.29 is 4.79 Å². The molecule has 4 nitrogen and oxygen atoms in total. The summed E-state index contributed by atoms with van der Waals surface area (Å²) in [4.78, 5) is 13.6. The highest BCUT2D eigenvalue weighted by Gasteiger charge is 2.13. The topological polar surface area (TPSA) is 72.3 Å². The van der Waals surface area contributed by atoms with Crippen LogP contribution in [0.1, 0.15) is 10.4 Å². The van der Waals surface area contributed by atoms with Gasteiger partial charge in [-0.3, -0.25) is 4.79 Å². The number of rotatable bonds is 4. The van der Waals surface area contributed by atoms with Crippen molar-refractivity contribution in [3.63, 3.8) is 0 Å². The molecule has 0 unspecified atom stereocenters. The van der Waals surface area contributed by atoms with Crippen molar-refractivity contribution in [3.05, 3.63) is 23.8 Å². The molecule has 1 aromatic carbocycles. The summed E-state index contributed by atoms with van der Waals surface area (Å²) in [7, 11) is 1.77. The van der Waals surface area contributed by atoms with Crippen LogP contribution in [-0.4, -0.2) is 36.4 Å². The minimum absolute atomic E-state index is 0.0634. The fraction of sp³-hybridized carbons (Fsp3) is 0.364. The number of hydrogen-bond acceptors (Lipinski definition) is 4. The molecule has 0 spiro atoms. The van der Waals surface area contributed by atoms with E-state index in [2.05, 4.69) is 0 Å². The number of nitrogen functional groups attached to an aromatic ring is 2. The minimum atomic E-state index is -0.0634. The molecule has 0 saturated heterocycles. The Morgan fingerprint density at radius 1 is 1.44 bits per heavy atom. The summed E-state index contributed by atoms with van der Waals surface area (Å²) in [5.74, 6) is 0.850. The van der Waals surface area contributed by atoms with Crippen LogP contribution in [0.25, 0.3) is 0 Å². The van der Waals surface area contributed by atoms with Crippen molar-refractivity contribution in [2.24, 2.45) is 0 Å². The maximum absolute atomic E-state index is 12.0. The summed E-state index contributed by atoms with van der Waals surface area (Å²) in [5.41, 5.74) is 12.8. The highest BCUT2D eigenvalue weighted by atomic mass is 32.2. The lowest BCUT2D eigenvalue weighted by Gasteiger charge is -2.17. The van der Waals surface area contributed by atoms with Gasteiger partial charge in [-0.05, 0) is 24.5 Å². The van der Waals surface area contributed by atoms with Gasteiger partial charge in [0.25, 0.3) is 5.91 Å². The van der Waals surface area contributed by atoms with E-state index in [0.29, 0.717) is 23.5 Å². The number of hydrogen-bond donors (Lipinski definition) is 2. The molecule has 0 fully saturated rings. The molecule has 0 aliphatic rings. The monoisotopic (exact) mass is 239 g/mol. The van der Waals surface area contributed by atoms with E-state index in [9.17, 15) is 4.79 Å². The maximum atomic E-state index is 12.0. The number of anilines is 2. The molecule has 4 N–H and O–H groups in total. The Kier molecular flexibility index (Phi) is 4.49. The molecule has 0 aliphatic heterocycles. The number of carbonyl (C=O) groups excluding carboxylic acids is 1. The lowest BCUT2D eigenvalue weighted by molar-refractivity contribution is 0.0805. The van der Waals surface area contributed by atoms with Gasteiger partial charge in [0.15, 0.2) is 0 Å². The van der Waals surface area contributed by atoms with Gasteiger partial charge >= 0.3 is 0 Å². The summed E-state index contributed by atoms with van der Waals surface area (Å²) in [6.45, 7) is 0.712. The first-order valence-corrected chi connectivity index (χ1v) is 6.35. The average Bonchev–Trinajstić information content (AvgIpc) is 2.25. The highest BCUT2D eigenvalue weighted by molar-refractivity contribution is 7.98. The largest absolute Gasteiger partial charge is 0.399 e. The number of nitrogens with two attached hydrogens (primary N) is 2. The fourth-order valence-electron chi connectivity index (χ4n) is 1.31. The van der Waals surface area contributed by atoms with E-state index in [4.69, 9.17) is 11.5 Å². The van der Waals surface area contributed by atoms with Gasteiger partial charge in [0.1, 0.15) is 0 Å². The van der Waals surface area contributed by atoms with Gasteiger partial charge in [-0.25, -0.2) is 0 Å². The quantitative estimate of drug-likeness (QED) is 0.776. The lowest BCUT2D eigenvalue weighted by atomic mass is 10.1. The summed E-state index contributed by atoms with van der Waals surface area (Å²) >= 11 is 1.70. The molecule has 0 aliphatic carbocycles. The Morgan fingerprint density at radius 2 is 2.12 bits per heavy atom. The molecule has 0 radical (unpaired) electrons. The number of benzene rings is 1. The molecular formula is C11H17N3OS. The van der Waals surface area contributed by atoms with E-state index in [1.54, 1.807) is 41.9 Å². The predicted octanol–water partition coefficient (Wildman–Crippen LogP) is 1.29. The van der Waals surface area contributed by atoms with E-state index >= 15 is 0 Å². The van der Waals surface area contributed by atoms with Gasteiger partial charge in [0, 0.05) is 30.7 Å². The first-order chi connectivity index (χ1) is 7.56. The lowest BCUT2D eigenvalue weighted by Crippen LogP contribution is -2.29. The van der Waals surface area contributed by atoms with Crippen LogP contribution in [-0.2, 0) is 0 Å². The molecule has 0 heterocycles. The molecule has 0 bridgehead atoms. The molecular weight excluding hydrogens is 222 g/mol. The zero-order chi connectivity index (χ0) is 12.1. The maximum Gasteiger partial charge on any atom is 0.255 e. The number of nitrogens with zero attached hydrogens (tertiary/aromatic N) is 1. The number of amides is 1. The van der Waals surface area contributed by atoms with Crippen molar-refractivity contribution in [3.8, 4) is 0 Å². The Morgan fingerprint density at radius 3 is 2.69 bits per heavy atom. The van der Waals surface area contributed by atoms with Crippen LogP contribution in [0, 0.1) is 0 Å².